The van der Waals surface area contributed by atoms with Gasteiger partial charge in [-0.05, 0) is 94.2 Å². The third-order valence-electron chi connectivity index (χ3n) is 8.44. The Morgan fingerprint density at radius 1 is 1.11 bits per heavy atom. The summed E-state index contributed by atoms with van der Waals surface area (Å²) in [6, 6.07) is 5.33. The van der Waals surface area contributed by atoms with Crippen molar-refractivity contribution in [3.8, 4) is 0 Å². The number of rotatable bonds is 3. The van der Waals surface area contributed by atoms with Crippen molar-refractivity contribution in [2.24, 2.45) is 11.3 Å². The van der Waals surface area contributed by atoms with E-state index in [2.05, 4.69) is 11.4 Å². The number of imide groups is 1. The summed E-state index contributed by atoms with van der Waals surface area (Å²) < 4.78 is 5.59. The van der Waals surface area contributed by atoms with Crippen LogP contribution in [0.5, 0.6) is 0 Å². The standard InChI is InChI=1S/C28H37N3O5/c1-27(2,3)36-26(35)30-14-13-28(17-30)11-9-18(10-12-28)15-19-5-4-6-20-21(19)16-31(25(20)34)22-7-8-23(32)29-24(22)33/h4-6,18,22H,7-17H2,1-3H3,(H,29,32,33). The number of piperidine rings is 1. The van der Waals surface area contributed by atoms with E-state index in [0.717, 1.165) is 57.2 Å². The molecule has 1 unspecified atom stereocenters. The number of fused-ring (bicyclic) bond motifs is 1. The predicted molar refractivity (Wildman–Crippen MR) is 133 cm³/mol. The Labute approximate surface area is 212 Å². The fraction of sp³-hybridized carbons (Fsp3) is 0.643. The largest absolute Gasteiger partial charge is 0.444 e. The molecule has 4 aliphatic rings. The monoisotopic (exact) mass is 495 g/mol. The number of nitrogens with one attached hydrogen (secondary N) is 1. The van der Waals surface area contributed by atoms with Gasteiger partial charge in [0, 0.05) is 31.6 Å². The number of nitrogens with zero attached hydrogens (tertiary/aromatic N) is 2. The predicted octanol–water partition coefficient (Wildman–Crippen LogP) is 3.81. The molecule has 1 aromatic rings. The van der Waals surface area contributed by atoms with Gasteiger partial charge < -0.3 is 14.5 Å². The summed E-state index contributed by atoms with van der Waals surface area (Å²) >= 11 is 0. The zero-order valence-corrected chi connectivity index (χ0v) is 21.6. The lowest BCUT2D eigenvalue weighted by Crippen LogP contribution is -2.52. The third-order valence-corrected chi connectivity index (χ3v) is 8.44. The van der Waals surface area contributed by atoms with Crippen LogP contribution in [0.25, 0.3) is 0 Å². The van der Waals surface area contributed by atoms with E-state index in [9.17, 15) is 19.2 Å². The lowest BCUT2D eigenvalue weighted by atomic mass is 9.68. The van der Waals surface area contributed by atoms with Gasteiger partial charge in [-0.25, -0.2) is 4.79 Å². The maximum absolute atomic E-state index is 13.1. The Morgan fingerprint density at radius 2 is 1.86 bits per heavy atom. The lowest BCUT2D eigenvalue weighted by Gasteiger charge is -2.37. The fourth-order valence-electron chi connectivity index (χ4n) is 6.47. The normalized spacial score (nSPS) is 28.5. The molecular formula is C28H37N3O5. The molecule has 3 heterocycles. The molecule has 0 radical (unpaired) electrons. The molecular weight excluding hydrogens is 458 g/mol. The molecule has 1 aromatic carbocycles. The number of hydrogen-bond donors (Lipinski definition) is 1. The number of ether oxygens (including phenoxy) is 1. The van der Waals surface area contributed by atoms with E-state index < -0.39 is 11.6 Å². The first-order valence-corrected chi connectivity index (χ1v) is 13.3. The van der Waals surface area contributed by atoms with E-state index >= 15 is 0 Å². The van der Waals surface area contributed by atoms with Crippen LogP contribution >= 0.6 is 0 Å². The van der Waals surface area contributed by atoms with Crippen LogP contribution in [-0.2, 0) is 27.3 Å². The van der Waals surface area contributed by atoms with Gasteiger partial charge >= 0.3 is 6.09 Å². The molecule has 4 amide bonds. The van der Waals surface area contributed by atoms with Crippen molar-refractivity contribution in [1.82, 2.24) is 15.1 Å². The number of likely N-dealkylation sites (tertiary alicyclic amines) is 1. The first-order valence-electron chi connectivity index (χ1n) is 13.3. The molecule has 36 heavy (non-hydrogen) atoms. The van der Waals surface area contributed by atoms with Crippen LogP contribution in [0.4, 0.5) is 4.79 Å². The van der Waals surface area contributed by atoms with Crippen LogP contribution in [0.15, 0.2) is 18.2 Å². The molecule has 5 rings (SSSR count). The number of carbonyl (C=O) groups is 4. The quantitative estimate of drug-likeness (QED) is 0.644. The van der Waals surface area contributed by atoms with Crippen LogP contribution in [0, 0.1) is 11.3 Å². The smallest absolute Gasteiger partial charge is 0.410 e. The molecule has 1 aliphatic carbocycles. The minimum atomic E-state index is -0.583. The molecule has 2 saturated heterocycles. The number of benzene rings is 1. The zero-order chi connectivity index (χ0) is 25.7. The zero-order valence-electron chi connectivity index (χ0n) is 21.6. The number of amides is 4. The molecule has 3 fully saturated rings. The third kappa shape index (κ3) is 4.87. The molecule has 1 N–H and O–H groups in total. The molecule has 1 atom stereocenters. The maximum atomic E-state index is 13.1. The van der Waals surface area contributed by atoms with E-state index in [4.69, 9.17) is 4.74 Å². The van der Waals surface area contributed by atoms with Crippen LogP contribution in [0.3, 0.4) is 0 Å². The topological polar surface area (TPSA) is 96.0 Å². The van der Waals surface area contributed by atoms with Gasteiger partial charge in [0.05, 0.1) is 0 Å². The molecule has 8 nitrogen and oxygen atoms in total. The van der Waals surface area contributed by atoms with Crippen LogP contribution < -0.4 is 5.32 Å². The van der Waals surface area contributed by atoms with E-state index in [1.165, 1.54) is 5.56 Å². The summed E-state index contributed by atoms with van der Waals surface area (Å²) in [7, 11) is 0. The van der Waals surface area contributed by atoms with Gasteiger partial charge in [0.25, 0.3) is 5.91 Å². The second-order valence-corrected chi connectivity index (χ2v) is 12.1. The maximum Gasteiger partial charge on any atom is 0.410 e. The van der Waals surface area contributed by atoms with Crippen molar-refractivity contribution in [3.63, 3.8) is 0 Å². The van der Waals surface area contributed by atoms with E-state index in [1.54, 1.807) is 4.90 Å². The number of carbonyl (C=O) groups excluding carboxylic acids is 4. The van der Waals surface area contributed by atoms with Crippen molar-refractivity contribution < 1.29 is 23.9 Å². The van der Waals surface area contributed by atoms with Crippen LogP contribution in [-0.4, -0.2) is 58.3 Å². The Hall–Kier alpha value is -2.90. The summed E-state index contributed by atoms with van der Waals surface area (Å²) in [6.07, 6.45) is 6.82. The highest BCUT2D eigenvalue weighted by Crippen LogP contribution is 2.47. The molecule has 0 bridgehead atoms. The van der Waals surface area contributed by atoms with Gasteiger partial charge in [-0.1, -0.05) is 12.1 Å². The Bertz CT molecular complexity index is 1080. The minimum Gasteiger partial charge on any atom is -0.444 e. The Balaban J connectivity index is 1.20. The van der Waals surface area contributed by atoms with Gasteiger partial charge in [0.1, 0.15) is 11.6 Å². The lowest BCUT2D eigenvalue weighted by molar-refractivity contribution is -0.136. The Kier molecular flexibility index (Phi) is 6.33. The van der Waals surface area contributed by atoms with Crippen molar-refractivity contribution in [2.45, 2.75) is 90.3 Å². The molecule has 1 spiro atoms. The average Bonchev–Trinajstić information content (AvgIpc) is 3.37. The molecule has 3 aliphatic heterocycles. The summed E-state index contributed by atoms with van der Waals surface area (Å²) in [6.45, 7) is 7.69. The number of hydrogen-bond acceptors (Lipinski definition) is 5. The highest BCUT2D eigenvalue weighted by Gasteiger charge is 2.44. The second-order valence-electron chi connectivity index (χ2n) is 12.1. The molecule has 1 saturated carbocycles. The van der Waals surface area contributed by atoms with Gasteiger partial charge in [-0.3, -0.25) is 19.7 Å². The second kappa shape index (κ2) is 9.20. The fourth-order valence-corrected chi connectivity index (χ4v) is 6.47. The average molecular weight is 496 g/mol. The first kappa shape index (κ1) is 24.8. The molecule has 194 valence electrons. The van der Waals surface area contributed by atoms with Crippen molar-refractivity contribution in [2.75, 3.05) is 13.1 Å². The van der Waals surface area contributed by atoms with Gasteiger partial charge in [0.2, 0.25) is 11.8 Å². The Morgan fingerprint density at radius 3 is 2.56 bits per heavy atom. The van der Waals surface area contributed by atoms with Crippen molar-refractivity contribution >= 4 is 23.8 Å². The van der Waals surface area contributed by atoms with Crippen LogP contribution in [0.1, 0.15) is 87.2 Å². The van der Waals surface area contributed by atoms with Crippen molar-refractivity contribution in [1.29, 1.82) is 0 Å². The summed E-state index contributed by atoms with van der Waals surface area (Å²) in [5.74, 6) is -0.217. The van der Waals surface area contributed by atoms with Gasteiger partial charge in [-0.2, -0.15) is 0 Å². The van der Waals surface area contributed by atoms with Crippen LogP contribution in [0.2, 0.25) is 0 Å². The minimum absolute atomic E-state index is 0.114. The summed E-state index contributed by atoms with van der Waals surface area (Å²) in [5.41, 5.74) is 2.64. The highest BCUT2D eigenvalue weighted by atomic mass is 16.6. The first-order chi connectivity index (χ1) is 17.0. The molecule has 8 heteroatoms. The van der Waals surface area contributed by atoms with Gasteiger partial charge in [-0.15, -0.1) is 0 Å². The summed E-state index contributed by atoms with van der Waals surface area (Å²) in [5, 5.41) is 2.37. The van der Waals surface area contributed by atoms with Gasteiger partial charge in [0.15, 0.2) is 0 Å². The highest BCUT2D eigenvalue weighted by molar-refractivity contribution is 6.05. The molecule has 0 aromatic heterocycles. The van der Waals surface area contributed by atoms with E-state index in [0.29, 0.717) is 24.4 Å². The SMILES string of the molecule is CC(C)(C)OC(=O)N1CCC2(CCC(Cc3cccc4c3CN(C3CCC(=O)NC3=O)C4=O)CC2)C1. The van der Waals surface area contributed by atoms with E-state index in [-0.39, 0.29) is 35.7 Å². The summed E-state index contributed by atoms with van der Waals surface area (Å²) in [4.78, 5) is 53.1. The van der Waals surface area contributed by atoms with E-state index in [1.807, 2.05) is 37.8 Å². The van der Waals surface area contributed by atoms with Crippen molar-refractivity contribution in [3.05, 3.63) is 34.9 Å².